The Morgan fingerprint density at radius 1 is 1.10 bits per heavy atom. The first-order chi connectivity index (χ1) is 14.6. The number of anilines is 3. The van der Waals surface area contributed by atoms with Crippen LogP contribution in [0.1, 0.15) is 16.8 Å². The number of nitrogens with one attached hydrogen (secondary N) is 2. The first-order valence-corrected chi connectivity index (χ1v) is 9.33. The van der Waals surface area contributed by atoms with Crippen molar-refractivity contribution in [2.24, 2.45) is 0 Å². The third kappa shape index (κ3) is 5.21. The SMILES string of the molecule is COC(=O)c1ccc(OC)c(Nc2cc(-c3ccccn3)nc(NCCCO)n2)c1. The van der Waals surface area contributed by atoms with Gasteiger partial charge in [0.15, 0.2) is 0 Å². The Kier molecular flexibility index (Phi) is 7.12. The van der Waals surface area contributed by atoms with Gasteiger partial charge in [-0.05, 0) is 36.8 Å². The number of ether oxygens (including phenoxy) is 2. The van der Waals surface area contributed by atoms with Crippen molar-refractivity contribution in [1.29, 1.82) is 0 Å². The van der Waals surface area contributed by atoms with E-state index in [1.54, 1.807) is 37.6 Å². The highest BCUT2D eigenvalue weighted by Gasteiger charge is 2.13. The predicted molar refractivity (Wildman–Crippen MR) is 113 cm³/mol. The molecule has 0 radical (unpaired) electrons. The average Bonchev–Trinajstić information content (AvgIpc) is 2.79. The van der Waals surface area contributed by atoms with Crippen LogP contribution >= 0.6 is 0 Å². The van der Waals surface area contributed by atoms with E-state index < -0.39 is 5.97 Å². The van der Waals surface area contributed by atoms with Crippen LogP contribution in [0.2, 0.25) is 0 Å². The summed E-state index contributed by atoms with van der Waals surface area (Å²) in [5.41, 5.74) is 2.22. The Labute approximate surface area is 174 Å². The normalized spacial score (nSPS) is 10.4. The molecule has 2 heterocycles. The maximum Gasteiger partial charge on any atom is 0.337 e. The second-order valence-corrected chi connectivity index (χ2v) is 6.21. The first-order valence-electron chi connectivity index (χ1n) is 9.33. The minimum Gasteiger partial charge on any atom is -0.495 e. The number of hydrogen-bond donors (Lipinski definition) is 3. The van der Waals surface area contributed by atoms with Gasteiger partial charge in [0.05, 0.1) is 36.9 Å². The van der Waals surface area contributed by atoms with Crippen molar-refractivity contribution in [1.82, 2.24) is 15.0 Å². The van der Waals surface area contributed by atoms with Crippen molar-refractivity contribution in [3.05, 3.63) is 54.2 Å². The van der Waals surface area contributed by atoms with Crippen molar-refractivity contribution in [2.45, 2.75) is 6.42 Å². The summed E-state index contributed by atoms with van der Waals surface area (Å²) in [4.78, 5) is 25.2. The molecule has 0 fully saturated rings. The molecule has 3 rings (SSSR count). The summed E-state index contributed by atoms with van der Waals surface area (Å²) >= 11 is 0. The zero-order chi connectivity index (χ0) is 21.3. The number of methoxy groups -OCH3 is 2. The molecule has 0 unspecified atom stereocenters. The number of aliphatic hydroxyl groups is 1. The Morgan fingerprint density at radius 2 is 1.97 bits per heavy atom. The van der Waals surface area contributed by atoms with Crippen molar-refractivity contribution in [3.8, 4) is 17.1 Å². The van der Waals surface area contributed by atoms with E-state index in [-0.39, 0.29) is 6.61 Å². The predicted octanol–water partition coefficient (Wildman–Crippen LogP) is 2.87. The van der Waals surface area contributed by atoms with E-state index in [2.05, 4.69) is 25.6 Å². The molecule has 0 aliphatic rings. The molecule has 0 saturated carbocycles. The molecule has 0 spiro atoms. The lowest BCUT2D eigenvalue weighted by Crippen LogP contribution is -2.09. The zero-order valence-corrected chi connectivity index (χ0v) is 16.8. The Morgan fingerprint density at radius 3 is 2.67 bits per heavy atom. The molecule has 9 heteroatoms. The van der Waals surface area contributed by atoms with E-state index in [1.807, 2.05) is 18.2 Å². The molecule has 156 valence electrons. The zero-order valence-electron chi connectivity index (χ0n) is 16.8. The second-order valence-electron chi connectivity index (χ2n) is 6.21. The van der Waals surface area contributed by atoms with Crippen LogP contribution in [0, 0.1) is 0 Å². The lowest BCUT2D eigenvalue weighted by Gasteiger charge is -2.14. The lowest BCUT2D eigenvalue weighted by molar-refractivity contribution is 0.0600. The largest absolute Gasteiger partial charge is 0.495 e. The van der Waals surface area contributed by atoms with Gasteiger partial charge in [-0.15, -0.1) is 0 Å². The first kappa shape index (κ1) is 21.0. The molecule has 3 N–H and O–H groups in total. The smallest absolute Gasteiger partial charge is 0.337 e. The van der Waals surface area contributed by atoms with Crippen LogP contribution in [0.5, 0.6) is 5.75 Å². The van der Waals surface area contributed by atoms with Crippen LogP contribution in [0.3, 0.4) is 0 Å². The number of rotatable bonds is 9. The number of aromatic nitrogens is 3. The van der Waals surface area contributed by atoms with Gasteiger partial charge < -0.3 is 25.2 Å². The highest BCUT2D eigenvalue weighted by atomic mass is 16.5. The minimum absolute atomic E-state index is 0.0650. The van der Waals surface area contributed by atoms with Gasteiger partial charge in [0.2, 0.25) is 5.95 Å². The molecular formula is C21H23N5O4. The summed E-state index contributed by atoms with van der Waals surface area (Å²) in [7, 11) is 2.87. The summed E-state index contributed by atoms with van der Waals surface area (Å²) in [5.74, 6) is 0.953. The quantitative estimate of drug-likeness (QED) is 0.362. The number of esters is 1. The average molecular weight is 409 g/mol. The molecule has 0 atom stereocenters. The van der Waals surface area contributed by atoms with Crippen LogP contribution in [0.15, 0.2) is 48.7 Å². The van der Waals surface area contributed by atoms with E-state index in [9.17, 15) is 4.79 Å². The number of pyridine rings is 1. The Hall–Kier alpha value is -3.72. The fraction of sp³-hybridized carbons (Fsp3) is 0.238. The van der Waals surface area contributed by atoms with E-state index in [0.717, 1.165) is 0 Å². The van der Waals surface area contributed by atoms with Gasteiger partial charge in [-0.1, -0.05) is 6.07 Å². The van der Waals surface area contributed by atoms with Crippen molar-refractivity contribution >= 4 is 23.4 Å². The standard InChI is InChI=1S/C21H23N5O4/c1-29-18-8-7-14(20(28)30-2)12-17(18)24-19-13-16(15-6-3-4-9-22-15)25-21(26-19)23-10-5-11-27/h3-4,6-9,12-13,27H,5,10-11H2,1-2H3,(H2,23,24,25,26). The van der Waals surface area contributed by atoms with E-state index in [4.69, 9.17) is 14.6 Å². The molecule has 2 aromatic heterocycles. The lowest BCUT2D eigenvalue weighted by atomic mass is 10.2. The van der Waals surface area contributed by atoms with Crippen LogP contribution in [-0.2, 0) is 4.74 Å². The van der Waals surface area contributed by atoms with E-state index >= 15 is 0 Å². The summed E-state index contributed by atoms with van der Waals surface area (Å²) in [5, 5.41) is 15.3. The highest BCUT2D eigenvalue weighted by Crippen LogP contribution is 2.30. The Bertz CT molecular complexity index is 998. The van der Waals surface area contributed by atoms with Crippen LogP contribution < -0.4 is 15.4 Å². The summed E-state index contributed by atoms with van der Waals surface area (Å²) in [6.07, 6.45) is 2.25. The van der Waals surface area contributed by atoms with Gasteiger partial charge in [-0.2, -0.15) is 4.98 Å². The number of aliphatic hydroxyl groups excluding tert-OH is 1. The molecule has 30 heavy (non-hydrogen) atoms. The molecule has 3 aromatic rings. The van der Waals surface area contributed by atoms with Crippen molar-refractivity contribution in [2.75, 3.05) is 38.0 Å². The van der Waals surface area contributed by atoms with Crippen LogP contribution in [-0.4, -0.2) is 53.4 Å². The van der Waals surface area contributed by atoms with Gasteiger partial charge in [0, 0.05) is 25.4 Å². The van der Waals surface area contributed by atoms with Gasteiger partial charge in [-0.3, -0.25) is 4.98 Å². The van der Waals surface area contributed by atoms with Crippen LogP contribution in [0.4, 0.5) is 17.5 Å². The summed E-state index contributed by atoms with van der Waals surface area (Å²) in [6, 6.07) is 12.2. The third-order valence-electron chi connectivity index (χ3n) is 4.15. The molecule has 0 bridgehead atoms. The minimum atomic E-state index is -0.455. The molecule has 1 aromatic carbocycles. The van der Waals surface area contributed by atoms with Gasteiger partial charge in [0.1, 0.15) is 11.6 Å². The van der Waals surface area contributed by atoms with Crippen molar-refractivity contribution < 1.29 is 19.4 Å². The maximum atomic E-state index is 11.9. The van der Waals surface area contributed by atoms with E-state index in [0.29, 0.717) is 53.1 Å². The van der Waals surface area contributed by atoms with Gasteiger partial charge >= 0.3 is 5.97 Å². The van der Waals surface area contributed by atoms with Gasteiger partial charge in [0.25, 0.3) is 0 Å². The maximum absolute atomic E-state index is 11.9. The topological polar surface area (TPSA) is 118 Å². The number of carbonyl (C=O) groups excluding carboxylic acids is 1. The third-order valence-corrected chi connectivity index (χ3v) is 4.15. The number of hydrogen-bond acceptors (Lipinski definition) is 9. The number of nitrogens with zero attached hydrogens (tertiary/aromatic N) is 3. The number of carbonyl (C=O) groups is 1. The van der Waals surface area contributed by atoms with Gasteiger partial charge in [-0.25, -0.2) is 9.78 Å². The fourth-order valence-electron chi connectivity index (χ4n) is 2.70. The molecule has 0 aliphatic heterocycles. The molecule has 0 saturated heterocycles. The fourth-order valence-corrected chi connectivity index (χ4v) is 2.70. The monoisotopic (exact) mass is 409 g/mol. The summed E-state index contributed by atoms with van der Waals surface area (Å²) in [6.45, 7) is 0.582. The molecular weight excluding hydrogens is 386 g/mol. The second kappa shape index (κ2) is 10.2. The summed E-state index contributed by atoms with van der Waals surface area (Å²) < 4.78 is 10.2. The van der Waals surface area contributed by atoms with Crippen LogP contribution in [0.25, 0.3) is 11.4 Å². The van der Waals surface area contributed by atoms with E-state index in [1.165, 1.54) is 7.11 Å². The highest BCUT2D eigenvalue weighted by molar-refractivity contribution is 5.91. The molecule has 9 nitrogen and oxygen atoms in total. The Balaban J connectivity index is 1.98. The number of benzene rings is 1. The molecule has 0 amide bonds. The molecule has 0 aliphatic carbocycles. The van der Waals surface area contributed by atoms with Crippen molar-refractivity contribution in [3.63, 3.8) is 0 Å².